The number of amides is 2. The van der Waals surface area contributed by atoms with Crippen LogP contribution in [0.2, 0.25) is 0 Å². The molecule has 5 rings (SSSR count). The number of nitrogens with zero attached hydrogens (tertiary/aromatic N) is 4. The van der Waals surface area contributed by atoms with Gasteiger partial charge < -0.3 is 14.4 Å². The SMILES string of the molecule is COc1ccc(COc2nc(N3c4ccccc4C[C@H]3C)ncc2C(=O)NN2CCCCCC2=O)c(F)c1. The second kappa shape index (κ2) is 11.0. The molecule has 1 aromatic heterocycles. The molecule has 1 atom stereocenters. The number of halogens is 1. The van der Waals surface area contributed by atoms with Gasteiger partial charge in [0.05, 0.1) is 7.11 Å². The number of rotatable bonds is 7. The molecule has 3 aromatic rings. The molecule has 2 aromatic carbocycles. The summed E-state index contributed by atoms with van der Waals surface area (Å²) in [4.78, 5) is 36.8. The van der Waals surface area contributed by atoms with Crippen LogP contribution in [0.15, 0.2) is 48.7 Å². The average molecular weight is 520 g/mol. The number of hydrazine groups is 1. The molecule has 0 bridgehead atoms. The van der Waals surface area contributed by atoms with E-state index in [1.165, 1.54) is 29.9 Å². The number of anilines is 2. The number of hydrogen-bond donors (Lipinski definition) is 1. The van der Waals surface area contributed by atoms with Gasteiger partial charge in [-0.05, 0) is 49.9 Å². The number of nitrogens with one attached hydrogen (secondary N) is 1. The summed E-state index contributed by atoms with van der Waals surface area (Å²) in [5.74, 6) is -0.441. The largest absolute Gasteiger partial charge is 0.497 e. The van der Waals surface area contributed by atoms with Gasteiger partial charge in [0, 0.05) is 42.5 Å². The maximum absolute atomic E-state index is 14.6. The third-order valence-electron chi connectivity index (χ3n) is 6.84. The van der Waals surface area contributed by atoms with Gasteiger partial charge in [0.15, 0.2) is 0 Å². The summed E-state index contributed by atoms with van der Waals surface area (Å²) in [6.07, 6.45) is 5.11. The molecule has 1 N–H and O–H groups in total. The van der Waals surface area contributed by atoms with Crippen molar-refractivity contribution in [2.24, 2.45) is 0 Å². The zero-order valence-corrected chi connectivity index (χ0v) is 21.4. The van der Waals surface area contributed by atoms with Crippen LogP contribution in [0.1, 0.15) is 54.1 Å². The first-order valence-corrected chi connectivity index (χ1v) is 12.8. The fourth-order valence-corrected chi connectivity index (χ4v) is 4.81. The number of benzene rings is 2. The first-order valence-electron chi connectivity index (χ1n) is 12.8. The van der Waals surface area contributed by atoms with Crippen molar-refractivity contribution in [3.63, 3.8) is 0 Å². The molecule has 198 valence electrons. The number of hydrogen-bond acceptors (Lipinski definition) is 7. The molecule has 2 aliphatic rings. The minimum atomic E-state index is -0.563. The van der Waals surface area contributed by atoms with Crippen LogP contribution in [-0.2, 0) is 17.8 Å². The Morgan fingerprint density at radius 3 is 2.84 bits per heavy atom. The second-order valence-corrected chi connectivity index (χ2v) is 9.48. The molecule has 1 saturated heterocycles. The summed E-state index contributed by atoms with van der Waals surface area (Å²) in [5.41, 5.74) is 5.18. The molecular weight excluding hydrogens is 489 g/mol. The molecule has 0 radical (unpaired) electrons. The Bertz CT molecular complexity index is 1350. The Labute approximate surface area is 220 Å². The van der Waals surface area contributed by atoms with E-state index >= 15 is 0 Å². The number of para-hydroxylation sites is 1. The molecule has 0 unspecified atom stereocenters. The molecular formula is C28H30FN5O4. The molecule has 3 heterocycles. The predicted octanol–water partition coefficient (Wildman–Crippen LogP) is 4.33. The fraction of sp³-hybridized carbons (Fsp3) is 0.357. The highest BCUT2D eigenvalue weighted by molar-refractivity contribution is 5.97. The van der Waals surface area contributed by atoms with E-state index in [4.69, 9.17) is 9.47 Å². The normalized spacial score (nSPS) is 17.1. The third-order valence-corrected chi connectivity index (χ3v) is 6.84. The summed E-state index contributed by atoms with van der Waals surface area (Å²) in [7, 11) is 1.46. The molecule has 1 fully saturated rings. The molecule has 0 saturated carbocycles. The molecule has 2 amide bonds. The lowest BCUT2D eigenvalue weighted by Gasteiger charge is -2.24. The van der Waals surface area contributed by atoms with Crippen LogP contribution in [0, 0.1) is 5.82 Å². The van der Waals surface area contributed by atoms with Gasteiger partial charge in [-0.15, -0.1) is 0 Å². The smallest absolute Gasteiger partial charge is 0.276 e. The molecule has 38 heavy (non-hydrogen) atoms. The van der Waals surface area contributed by atoms with Crippen molar-refractivity contribution < 1.29 is 23.5 Å². The number of ether oxygens (including phenoxy) is 2. The number of fused-ring (bicyclic) bond motifs is 1. The van der Waals surface area contributed by atoms with Crippen molar-refractivity contribution in [3.8, 4) is 11.6 Å². The van der Waals surface area contributed by atoms with Gasteiger partial charge in [-0.3, -0.25) is 20.0 Å². The zero-order valence-electron chi connectivity index (χ0n) is 21.4. The third kappa shape index (κ3) is 5.25. The quantitative estimate of drug-likeness (QED) is 0.496. The second-order valence-electron chi connectivity index (χ2n) is 9.48. The molecule has 2 aliphatic heterocycles. The highest BCUT2D eigenvalue weighted by Gasteiger charge is 2.30. The number of methoxy groups -OCH3 is 1. The van der Waals surface area contributed by atoms with Crippen LogP contribution in [-0.4, -0.2) is 46.5 Å². The maximum atomic E-state index is 14.6. The van der Waals surface area contributed by atoms with Crippen LogP contribution in [0.25, 0.3) is 0 Å². The van der Waals surface area contributed by atoms with Crippen molar-refractivity contribution in [2.75, 3.05) is 18.6 Å². The van der Waals surface area contributed by atoms with E-state index in [1.54, 1.807) is 12.1 Å². The van der Waals surface area contributed by atoms with Gasteiger partial charge in [-0.25, -0.2) is 9.37 Å². The summed E-state index contributed by atoms with van der Waals surface area (Å²) in [6, 6.07) is 12.6. The van der Waals surface area contributed by atoms with Gasteiger partial charge in [0.1, 0.15) is 23.7 Å². The minimum Gasteiger partial charge on any atom is -0.497 e. The Morgan fingerprint density at radius 1 is 1.18 bits per heavy atom. The lowest BCUT2D eigenvalue weighted by molar-refractivity contribution is -0.133. The Hall–Kier alpha value is -4.21. The summed E-state index contributed by atoms with van der Waals surface area (Å²) in [5, 5.41) is 1.34. The van der Waals surface area contributed by atoms with E-state index in [-0.39, 0.29) is 35.6 Å². The van der Waals surface area contributed by atoms with E-state index < -0.39 is 11.7 Å². The Balaban J connectivity index is 1.46. The fourth-order valence-electron chi connectivity index (χ4n) is 4.81. The summed E-state index contributed by atoms with van der Waals surface area (Å²) < 4.78 is 25.6. The highest BCUT2D eigenvalue weighted by atomic mass is 19.1. The molecule has 0 spiro atoms. The summed E-state index contributed by atoms with van der Waals surface area (Å²) in [6.45, 7) is 2.34. The van der Waals surface area contributed by atoms with E-state index in [0.717, 1.165) is 31.4 Å². The number of carbonyl (C=O) groups is 2. The topological polar surface area (TPSA) is 96.9 Å². The standard InChI is InChI=1S/C28H30FN5O4/c1-18-14-19-8-5-6-9-24(19)34(18)28-30-16-22(26(36)32-33-13-7-3-4-10-25(33)35)27(31-28)38-17-20-11-12-21(37-2)15-23(20)29/h5-6,8-9,11-12,15-16,18H,3-4,7,10,13-14,17H2,1-2H3,(H,32,36)/t18-/m1/s1. The molecule has 9 nitrogen and oxygen atoms in total. The molecule has 10 heteroatoms. The van der Waals surface area contributed by atoms with Gasteiger partial charge in [-0.1, -0.05) is 24.6 Å². The van der Waals surface area contributed by atoms with Crippen molar-refractivity contribution in [3.05, 3.63) is 71.2 Å². The lowest BCUT2D eigenvalue weighted by atomic mass is 10.1. The Morgan fingerprint density at radius 2 is 2.03 bits per heavy atom. The van der Waals surface area contributed by atoms with Crippen LogP contribution < -0.4 is 19.8 Å². The first-order chi connectivity index (χ1) is 18.4. The first kappa shape index (κ1) is 25.4. The lowest BCUT2D eigenvalue weighted by Crippen LogP contribution is -2.46. The molecule has 0 aliphatic carbocycles. The van der Waals surface area contributed by atoms with Crippen molar-refractivity contribution in [2.45, 2.75) is 51.7 Å². The van der Waals surface area contributed by atoms with Gasteiger partial charge in [0.25, 0.3) is 5.91 Å². The predicted molar refractivity (Wildman–Crippen MR) is 139 cm³/mol. The van der Waals surface area contributed by atoms with E-state index in [1.807, 2.05) is 23.1 Å². The number of carbonyl (C=O) groups excluding carboxylic acids is 2. The van der Waals surface area contributed by atoms with E-state index in [2.05, 4.69) is 28.4 Å². The Kier molecular flexibility index (Phi) is 7.39. The van der Waals surface area contributed by atoms with Crippen molar-refractivity contribution >= 4 is 23.5 Å². The van der Waals surface area contributed by atoms with Crippen molar-refractivity contribution in [1.29, 1.82) is 0 Å². The van der Waals surface area contributed by atoms with Gasteiger partial charge in [0.2, 0.25) is 17.7 Å². The average Bonchev–Trinajstić information content (AvgIpc) is 3.13. The van der Waals surface area contributed by atoms with Crippen LogP contribution in [0.5, 0.6) is 11.6 Å². The monoisotopic (exact) mass is 519 g/mol. The van der Waals surface area contributed by atoms with Gasteiger partial charge >= 0.3 is 0 Å². The van der Waals surface area contributed by atoms with Crippen LogP contribution in [0.4, 0.5) is 16.0 Å². The van der Waals surface area contributed by atoms with Crippen LogP contribution >= 0.6 is 0 Å². The maximum Gasteiger partial charge on any atom is 0.276 e. The van der Waals surface area contributed by atoms with E-state index in [0.29, 0.717) is 24.7 Å². The van der Waals surface area contributed by atoms with Crippen molar-refractivity contribution in [1.82, 2.24) is 20.4 Å². The highest BCUT2D eigenvalue weighted by Crippen LogP contribution is 2.37. The minimum absolute atomic E-state index is 0.00145. The summed E-state index contributed by atoms with van der Waals surface area (Å²) >= 11 is 0. The van der Waals surface area contributed by atoms with E-state index in [9.17, 15) is 14.0 Å². The zero-order chi connectivity index (χ0) is 26.6. The van der Waals surface area contributed by atoms with Crippen LogP contribution in [0.3, 0.4) is 0 Å². The number of aromatic nitrogens is 2. The van der Waals surface area contributed by atoms with Gasteiger partial charge in [-0.2, -0.15) is 4.98 Å².